The highest BCUT2D eigenvalue weighted by atomic mass is 32.2. The zero-order chi connectivity index (χ0) is 16.9. The number of hydrogen-bond acceptors (Lipinski definition) is 5. The van der Waals surface area contributed by atoms with Gasteiger partial charge in [0.15, 0.2) is 6.10 Å². The van der Waals surface area contributed by atoms with Crippen LogP contribution in [-0.4, -0.2) is 42.5 Å². The van der Waals surface area contributed by atoms with E-state index in [9.17, 15) is 9.59 Å². The van der Waals surface area contributed by atoms with Gasteiger partial charge in [-0.05, 0) is 44.7 Å². The molecule has 1 aromatic carbocycles. The quantitative estimate of drug-likeness (QED) is 0.606. The Bertz CT molecular complexity index is 596. The van der Waals surface area contributed by atoms with Crippen molar-refractivity contribution in [3.63, 3.8) is 0 Å². The molecule has 0 spiro atoms. The number of thioether (sulfide) groups is 1. The Morgan fingerprint density at radius 1 is 1.33 bits per heavy atom. The van der Waals surface area contributed by atoms with Crippen molar-refractivity contribution >= 4 is 23.6 Å². The molecule has 1 aliphatic heterocycles. The first-order valence-corrected chi connectivity index (χ1v) is 9.47. The van der Waals surface area contributed by atoms with E-state index in [1.54, 1.807) is 24.8 Å². The van der Waals surface area contributed by atoms with E-state index in [2.05, 4.69) is 5.32 Å². The van der Waals surface area contributed by atoms with Crippen LogP contribution in [0.25, 0.3) is 0 Å². The number of hydrogen-bond donors (Lipinski definition) is 1. The van der Waals surface area contributed by atoms with E-state index in [4.69, 9.17) is 9.47 Å². The number of nitrogens with one attached hydrogen (secondary N) is 1. The van der Waals surface area contributed by atoms with Crippen LogP contribution in [0.3, 0.4) is 0 Å². The molecule has 24 heavy (non-hydrogen) atoms. The molecular weight excluding hydrogens is 326 g/mol. The normalized spacial score (nSPS) is 21.3. The van der Waals surface area contributed by atoms with Gasteiger partial charge in [0.2, 0.25) is 0 Å². The molecule has 1 N–H and O–H groups in total. The Hall–Kier alpha value is -1.53. The second-order valence-electron chi connectivity index (χ2n) is 6.27. The van der Waals surface area contributed by atoms with E-state index in [0.29, 0.717) is 5.56 Å². The number of benzene rings is 1. The maximum atomic E-state index is 12.4. The van der Waals surface area contributed by atoms with Gasteiger partial charge in [-0.1, -0.05) is 12.1 Å². The summed E-state index contributed by atoms with van der Waals surface area (Å²) < 4.78 is 11.0. The maximum absolute atomic E-state index is 12.4. The van der Waals surface area contributed by atoms with Gasteiger partial charge in [-0.15, -0.1) is 11.8 Å². The second kappa shape index (κ2) is 8.03. The van der Waals surface area contributed by atoms with E-state index >= 15 is 0 Å². The SMILES string of the molecule is C[C@@H](OC(=O)c1ccccc1SC[C@H]1CCCO1)C(=O)NC1CC1. The van der Waals surface area contributed by atoms with Crippen LogP contribution in [0.15, 0.2) is 29.2 Å². The first-order valence-electron chi connectivity index (χ1n) is 8.48. The van der Waals surface area contributed by atoms with Gasteiger partial charge in [0.25, 0.3) is 5.91 Å². The third-order valence-electron chi connectivity index (χ3n) is 4.13. The lowest BCUT2D eigenvalue weighted by Crippen LogP contribution is -2.37. The van der Waals surface area contributed by atoms with E-state index in [1.807, 2.05) is 18.2 Å². The molecule has 2 aliphatic rings. The number of carbonyl (C=O) groups excluding carboxylic acids is 2. The van der Waals surface area contributed by atoms with Crippen molar-refractivity contribution in [3.05, 3.63) is 29.8 Å². The van der Waals surface area contributed by atoms with Crippen molar-refractivity contribution in [2.45, 2.75) is 55.8 Å². The van der Waals surface area contributed by atoms with Gasteiger partial charge < -0.3 is 14.8 Å². The predicted octanol–water partition coefficient (Wildman–Crippen LogP) is 2.78. The summed E-state index contributed by atoms with van der Waals surface area (Å²) in [6, 6.07) is 7.61. The Balaban J connectivity index is 1.57. The summed E-state index contributed by atoms with van der Waals surface area (Å²) in [5.41, 5.74) is 0.506. The summed E-state index contributed by atoms with van der Waals surface area (Å²) in [7, 11) is 0. The third-order valence-corrected chi connectivity index (χ3v) is 5.34. The fourth-order valence-electron chi connectivity index (χ4n) is 2.54. The molecule has 0 bridgehead atoms. The van der Waals surface area contributed by atoms with Crippen molar-refractivity contribution in [2.24, 2.45) is 0 Å². The summed E-state index contributed by atoms with van der Waals surface area (Å²) in [6.07, 6.45) is 3.65. The molecule has 1 aromatic rings. The molecular formula is C18H23NO4S. The van der Waals surface area contributed by atoms with Crippen LogP contribution in [0.2, 0.25) is 0 Å². The van der Waals surface area contributed by atoms with Crippen molar-refractivity contribution in [1.29, 1.82) is 0 Å². The van der Waals surface area contributed by atoms with E-state index in [1.165, 1.54) is 0 Å². The molecule has 1 saturated carbocycles. The van der Waals surface area contributed by atoms with E-state index in [0.717, 1.165) is 42.9 Å². The molecule has 1 heterocycles. The van der Waals surface area contributed by atoms with Gasteiger partial charge in [0.05, 0.1) is 11.7 Å². The summed E-state index contributed by atoms with van der Waals surface area (Å²) in [5, 5.41) is 2.85. The summed E-state index contributed by atoms with van der Waals surface area (Å²) in [5.74, 6) is 0.140. The summed E-state index contributed by atoms with van der Waals surface area (Å²) >= 11 is 1.60. The van der Waals surface area contributed by atoms with Crippen molar-refractivity contribution in [1.82, 2.24) is 5.32 Å². The standard InChI is InChI=1S/C18H23NO4S/c1-12(17(20)19-13-8-9-13)23-18(21)15-6-2-3-7-16(15)24-11-14-5-4-10-22-14/h2-3,6-7,12-14H,4-5,8-11H2,1H3,(H,19,20)/t12-,14-/m1/s1. The molecule has 1 amide bonds. The minimum atomic E-state index is -0.783. The van der Waals surface area contributed by atoms with Gasteiger partial charge in [0.1, 0.15) is 0 Å². The van der Waals surface area contributed by atoms with Crippen molar-refractivity contribution < 1.29 is 19.1 Å². The number of rotatable bonds is 7. The zero-order valence-corrected chi connectivity index (χ0v) is 14.6. The largest absolute Gasteiger partial charge is 0.449 e. The molecule has 0 aromatic heterocycles. The molecule has 6 heteroatoms. The second-order valence-corrected chi connectivity index (χ2v) is 7.33. The minimum Gasteiger partial charge on any atom is -0.449 e. The molecule has 0 unspecified atom stereocenters. The zero-order valence-electron chi connectivity index (χ0n) is 13.8. The van der Waals surface area contributed by atoms with Gasteiger partial charge in [-0.25, -0.2) is 4.79 Å². The smallest absolute Gasteiger partial charge is 0.340 e. The van der Waals surface area contributed by atoms with Crippen LogP contribution in [0, 0.1) is 0 Å². The number of ether oxygens (including phenoxy) is 2. The highest BCUT2D eigenvalue weighted by molar-refractivity contribution is 7.99. The topological polar surface area (TPSA) is 64.6 Å². The molecule has 3 rings (SSSR count). The Morgan fingerprint density at radius 2 is 2.12 bits per heavy atom. The molecule has 1 saturated heterocycles. The molecule has 5 nitrogen and oxygen atoms in total. The van der Waals surface area contributed by atoms with Crippen LogP contribution in [0.4, 0.5) is 0 Å². The number of amides is 1. The van der Waals surface area contributed by atoms with Gasteiger partial charge in [-0.2, -0.15) is 0 Å². The average Bonchev–Trinajstić information content (AvgIpc) is 3.24. The predicted molar refractivity (Wildman–Crippen MR) is 92.2 cm³/mol. The first-order chi connectivity index (χ1) is 11.6. The van der Waals surface area contributed by atoms with Crippen LogP contribution in [-0.2, 0) is 14.3 Å². The van der Waals surface area contributed by atoms with Crippen molar-refractivity contribution in [3.8, 4) is 0 Å². The van der Waals surface area contributed by atoms with Gasteiger partial charge >= 0.3 is 5.97 Å². The lowest BCUT2D eigenvalue weighted by molar-refractivity contribution is -0.129. The summed E-state index contributed by atoms with van der Waals surface area (Å²) in [6.45, 7) is 2.43. The molecule has 1 aliphatic carbocycles. The highest BCUT2D eigenvalue weighted by Crippen LogP contribution is 2.27. The van der Waals surface area contributed by atoms with E-state index in [-0.39, 0.29) is 18.1 Å². The molecule has 0 radical (unpaired) electrons. The number of esters is 1. The van der Waals surface area contributed by atoms with Gasteiger partial charge in [0, 0.05) is 23.3 Å². The fourth-order valence-corrected chi connectivity index (χ4v) is 3.65. The average molecular weight is 349 g/mol. The highest BCUT2D eigenvalue weighted by Gasteiger charge is 2.28. The van der Waals surface area contributed by atoms with Crippen molar-refractivity contribution in [2.75, 3.05) is 12.4 Å². The van der Waals surface area contributed by atoms with Crippen LogP contribution in [0.1, 0.15) is 43.0 Å². The minimum absolute atomic E-state index is 0.227. The molecule has 2 fully saturated rings. The third kappa shape index (κ3) is 4.74. The Kier molecular flexibility index (Phi) is 5.79. The monoisotopic (exact) mass is 349 g/mol. The van der Waals surface area contributed by atoms with Crippen LogP contribution < -0.4 is 5.32 Å². The Labute approximate surface area is 146 Å². The summed E-state index contributed by atoms with van der Waals surface area (Å²) in [4.78, 5) is 25.2. The lowest BCUT2D eigenvalue weighted by Gasteiger charge is -2.15. The first kappa shape index (κ1) is 17.3. The van der Waals surface area contributed by atoms with Gasteiger partial charge in [-0.3, -0.25) is 4.79 Å². The number of carbonyl (C=O) groups is 2. The maximum Gasteiger partial charge on any atom is 0.340 e. The fraction of sp³-hybridized carbons (Fsp3) is 0.556. The van der Waals surface area contributed by atoms with Crippen LogP contribution in [0.5, 0.6) is 0 Å². The molecule has 130 valence electrons. The van der Waals surface area contributed by atoms with E-state index < -0.39 is 12.1 Å². The van der Waals surface area contributed by atoms with Crippen LogP contribution >= 0.6 is 11.8 Å². The Morgan fingerprint density at radius 3 is 2.83 bits per heavy atom. The lowest BCUT2D eigenvalue weighted by atomic mass is 10.2. The molecule has 2 atom stereocenters.